The zero-order valence-electron chi connectivity index (χ0n) is 12.9. The maximum Gasteiger partial charge on any atom is 0.0951 e. The Hall–Kier alpha value is -0.870. The SMILES string of the molecule is CC(C)N(Cc1cncn1C1CC1)CC1CCCNC1. The molecule has 4 heteroatoms. The number of hydrogen-bond acceptors (Lipinski definition) is 3. The predicted molar refractivity (Wildman–Crippen MR) is 81.6 cm³/mol. The molecular formula is C16H28N4. The maximum atomic E-state index is 4.37. The number of rotatable bonds is 6. The highest BCUT2D eigenvalue weighted by atomic mass is 15.2. The fraction of sp³-hybridized carbons (Fsp3) is 0.812. The van der Waals surface area contributed by atoms with Crippen molar-refractivity contribution in [2.75, 3.05) is 19.6 Å². The summed E-state index contributed by atoms with van der Waals surface area (Å²) >= 11 is 0. The lowest BCUT2D eigenvalue weighted by molar-refractivity contribution is 0.160. The van der Waals surface area contributed by atoms with Gasteiger partial charge in [0.1, 0.15) is 0 Å². The lowest BCUT2D eigenvalue weighted by Crippen LogP contribution is -2.41. The Labute approximate surface area is 122 Å². The van der Waals surface area contributed by atoms with Crippen molar-refractivity contribution in [1.29, 1.82) is 0 Å². The molecule has 1 aromatic rings. The normalized spacial score (nSPS) is 23.7. The Kier molecular flexibility index (Phi) is 4.41. The van der Waals surface area contributed by atoms with Crippen LogP contribution in [0.5, 0.6) is 0 Å². The highest BCUT2D eigenvalue weighted by Gasteiger charge is 2.26. The largest absolute Gasteiger partial charge is 0.330 e. The summed E-state index contributed by atoms with van der Waals surface area (Å²) in [6.07, 6.45) is 9.45. The van der Waals surface area contributed by atoms with Gasteiger partial charge in [-0.05, 0) is 58.5 Å². The topological polar surface area (TPSA) is 33.1 Å². The average molecular weight is 276 g/mol. The first-order valence-electron chi connectivity index (χ1n) is 8.19. The molecule has 0 bridgehead atoms. The standard InChI is InChI=1S/C16H28N4/c1-13(2)19(10-14-4-3-7-17-8-14)11-16-9-18-12-20(16)15-5-6-15/h9,12-15,17H,3-8,10-11H2,1-2H3. The minimum atomic E-state index is 0.597. The van der Waals surface area contributed by atoms with E-state index in [0.717, 1.165) is 18.5 Å². The second kappa shape index (κ2) is 6.27. The van der Waals surface area contributed by atoms with Crippen molar-refractivity contribution < 1.29 is 0 Å². The van der Waals surface area contributed by atoms with E-state index in [-0.39, 0.29) is 0 Å². The van der Waals surface area contributed by atoms with E-state index < -0.39 is 0 Å². The molecule has 1 unspecified atom stereocenters. The molecule has 2 aliphatic rings. The van der Waals surface area contributed by atoms with Crippen LogP contribution in [-0.4, -0.2) is 40.1 Å². The number of aromatic nitrogens is 2. The number of nitrogens with one attached hydrogen (secondary N) is 1. The van der Waals surface area contributed by atoms with Crippen molar-refractivity contribution in [2.45, 2.75) is 58.2 Å². The van der Waals surface area contributed by atoms with Crippen LogP contribution >= 0.6 is 0 Å². The molecule has 2 fully saturated rings. The molecule has 0 spiro atoms. The van der Waals surface area contributed by atoms with Gasteiger partial charge in [0.05, 0.1) is 12.0 Å². The van der Waals surface area contributed by atoms with Crippen LogP contribution in [0.1, 0.15) is 51.3 Å². The fourth-order valence-corrected chi connectivity index (χ4v) is 3.21. The van der Waals surface area contributed by atoms with Gasteiger partial charge < -0.3 is 9.88 Å². The van der Waals surface area contributed by atoms with Gasteiger partial charge in [0.25, 0.3) is 0 Å². The van der Waals surface area contributed by atoms with Crippen LogP contribution in [0, 0.1) is 5.92 Å². The van der Waals surface area contributed by atoms with E-state index in [1.54, 1.807) is 0 Å². The molecule has 1 N–H and O–H groups in total. The van der Waals surface area contributed by atoms with Crippen molar-refractivity contribution in [3.05, 3.63) is 18.2 Å². The van der Waals surface area contributed by atoms with Crippen LogP contribution < -0.4 is 5.32 Å². The average Bonchev–Trinajstić information content (AvgIpc) is 3.19. The molecule has 1 aliphatic heterocycles. The summed E-state index contributed by atoms with van der Waals surface area (Å²) in [5.41, 5.74) is 1.39. The molecule has 1 saturated heterocycles. The summed E-state index contributed by atoms with van der Waals surface area (Å²) in [4.78, 5) is 6.99. The zero-order valence-corrected chi connectivity index (χ0v) is 12.9. The summed E-state index contributed by atoms with van der Waals surface area (Å²) in [7, 11) is 0. The quantitative estimate of drug-likeness (QED) is 0.866. The molecule has 0 aromatic carbocycles. The van der Waals surface area contributed by atoms with Gasteiger partial charge in [0, 0.05) is 31.4 Å². The molecule has 1 saturated carbocycles. The fourth-order valence-electron chi connectivity index (χ4n) is 3.21. The number of hydrogen-bond donors (Lipinski definition) is 1. The summed E-state index contributed by atoms with van der Waals surface area (Å²) in [5.74, 6) is 0.809. The van der Waals surface area contributed by atoms with Gasteiger partial charge in [-0.15, -0.1) is 0 Å². The Morgan fingerprint density at radius 3 is 2.90 bits per heavy atom. The summed E-state index contributed by atoms with van der Waals surface area (Å²) in [6.45, 7) is 9.27. The number of imidazole rings is 1. The number of nitrogens with zero attached hydrogens (tertiary/aromatic N) is 3. The molecule has 1 atom stereocenters. The van der Waals surface area contributed by atoms with Crippen LogP contribution in [0.4, 0.5) is 0 Å². The van der Waals surface area contributed by atoms with Gasteiger partial charge in [-0.2, -0.15) is 0 Å². The van der Waals surface area contributed by atoms with Crippen molar-refractivity contribution in [3.8, 4) is 0 Å². The second-order valence-electron chi connectivity index (χ2n) is 6.76. The third kappa shape index (κ3) is 3.41. The van der Waals surface area contributed by atoms with Crippen LogP contribution in [0.3, 0.4) is 0 Å². The summed E-state index contributed by atoms with van der Waals surface area (Å²) in [5, 5.41) is 3.53. The van der Waals surface area contributed by atoms with Crippen molar-refractivity contribution >= 4 is 0 Å². The maximum absolute atomic E-state index is 4.37. The molecule has 0 amide bonds. The first-order chi connectivity index (χ1) is 9.74. The molecular weight excluding hydrogens is 248 g/mol. The molecule has 2 heterocycles. The first-order valence-corrected chi connectivity index (χ1v) is 8.19. The third-order valence-corrected chi connectivity index (χ3v) is 4.67. The molecule has 0 radical (unpaired) electrons. The van der Waals surface area contributed by atoms with Gasteiger partial charge in [-0.1, -0.05) is 0 Å². The first kappa shape index (κ1) is 14.1. The van der Waals surface area contributed by atoms with E-state index in [9.17, 15) is 0 Å². The Balaban J connectivity index is 1.62. The Morgan fingerprint density at radius 1 is 1.40 bits per heavy atom. The van der Waals surface area contributed by atoms with Gasteiger partial charge in [0.15, 0.2) is 0 Å². The summed E-state index contributed by atoms with van der Waals surface area (Å²) in [6, 6.07) is 1.33. The minimum absolute atomic E-state index is 0.597. The molecule has 20 heavy (non-hydrogen) atoms. The highest BCUT2D eigenvalue weighted by molar-refractivity contribution is 5.03. The van der Waals surface area contributed by atoms with Gasteiger partial charge in [0.2, 0.25) is 0 Å². The van der Waals surface area contributed by atoms with Crippen LogP contribution in [-0.2, 0) is 6.54 Å². The molecule has 112 valence electrons. The molecule has 3 rings (SSSR count). The zero-order chi connectivity index (χ0) is 13.9. The Morgan fingerprint density at radius 2 is 2.25 bits per heavy atom. The van der Waals surface area contributed by atoms with E-state index in [2.05, 4.69) is 39.8 Å². The highest BCUT2D eigenvalue weighted by Crippen LogP contribution is 2.36. The van der Waals surface area contributed by atoms with E-state index in [4.69, 9.17) is 0 Å². The van der Waals surface area contributed by atoms with Crippen LogP contribution in [0.15, 0.2) is 12.5 Å². The van der Waals surface area contributed by atoms with Crippen molar-refractivity contribution in [2.24, 2.45) is 5.92 Å². The molecule has 1 aliphatic carbocycles. The van der Waals surface area contributed by atoms with Crippen LogP contribution in [0.25, 0.3) is 0 Å². The predicted octanol–water partition coefficient (Wildman–Crippen LogP) is 2.43. The summed E-state index contributed by atoms with van der Waals surface area (Å²) < 4.78 is 2.40. The third-order valence-electron chi connectivity index (χ3n) is 4.67. The lowest BCUT2D eigenvalue weighted by atomic mass is 9.98. The number of piperidine rings is 1. The van der Waals surface area contributed by atoms with Crippen molar-refractivity contribution in [3.63, 3.8) is 0 Å². The monoisotopic (exact) mass is 276 g/mol. The molecule has 4 nitrogen and oxygen atoms in total. The minimum Gasteiger partial charge on any atom is -0.330 e. The Bertz CT molecular complexity index is 416. The second-order valence-corrected chi connectivity index (χ2v) is 6.76. The van der Waals surface area contributed by atoms with E-state index in [1.165, 1.54) is 51.0 Å². The van der Waals surface area contributed by atoms with Gasteiger partial charge in [-0.3, -0.25) is 4.90 Å². The lowest BCUT2D eigenvalue weighted by Gasteiger charge is -2.32. The smallest absolute Gasteiger partial charge is 0.0951 e. The van der Waals surface area contributed by atoms with Crippen LogP contribution in [0.2, 0.25) is 0 Å². The van der Waals surface area contributed by atoms with Crippen molar-refractivity contribution in [1.82, 2.24) is 19.8 Å². The van der Waals surface area contributed by atoms with E-state index >= 15 is 0 Å². The van der Waals surface area contributed by atoms with Gasteiger partial charge in [-0.25, -0.2) is 4.98 Å². The van der Waals surface area contributed by atoms with E-state index in [0.29, 0.717) is 6.04 Å². The van der Waals surface area contributed by atoms with E-state index in [1.807, 2.05) is 6.33 Å². The molecule has 1 aromatic heterocycles. The van der Waals surface area contributed by atoms with Gasteiger partial charge >= 0.3 is 0 Å².